The first kappa shape index (κ1) is 51.1. The molecule has 8 heteroatoms. The molecule has 0 radical (unpaired) electrons. The molecule has 0 saturated heterocycles. The van der Waals surface area contributed by atoms with Crippen LogP contribution in [0.2, 0.25) is 0 Å². The summed E-state index contributed by atoms with van der Waals surface area (Å²) < 4.78 is 22.0. The molecular formula is C48H82O8. The van der Waals surface area contributed by atoms with Gasteiger partial charge in [-0.25, -0.2) is 0 Å². The topological polar surface area (TPSA) is 105 Å². The molecule has 8 nitrogen and oxygen atoms in total. The molecule has 0 bridgehead atoms. The van der Waals surface area contributed by atoms with Crippen LogP contribution in [0.3, 0.4) is 0 Å². The number of rotatable bonds is 39. The van der Waals surface area contributed by atoms with E-state index in [0.717, 1.165) is 44.1 Å². The van der Waals surface area contributed by atoms with Gasteiger partial charge in [-0.2, -0.15) is 0 Å². The monoisotopic (exact) mass is 787 g/mol. The standard InChI is InChI=1S/C48H82O8/c1-4-6-8-10-12-14-16-18-20-22-24-26-31-35-45(49)54-40-44(56-48(52)38-42(3)37-47(51)53-39-43-33-29-28-30-34-43)41-55-46(50)36-32-27-25-23-21-19-17-15-13-11-9-7-5-2/h28-30,33-34,42,44H,4-27,31-32,35-41H2,1-3H3. The Morgan fingerprint density at radius 2 is 0.804 bits per heavy atom. The van der Waals surface area contributed by atoms with Crippen LogP contribution in [0.1, 0.15) is 219 Å². The van der Waals surface area contributed by atoms with Crippen molar-refractivity contribution in [2.45, 2.75) is 226 Å². The molecule has 1 rings (SSSR count). The van der Waals surface area contributed by atoms with Gasteiger partial charge in [0.05, 0.1) is 0 Å². The van der Waals surface area contributed by atoms with Gasteiger partial charge in [0.1, 0.15) is 19.8 Å². The highest BCUT2D eigenvalue weighted by Crippen LogP contribution is 2.16. The predicted molar refractivity (Wildman–Crippen MR) is 227 cm³/mol. The van der Waals surface area contributed by atoms with E-state index in [1.807, 2.05) is 30.3 Å². The lowest BCUT2D eigenvalue weighted by Gasteiger charge is -2.19. The van der Waals surface area contributed by atoms with E-state index in [-0.39, 0.29) is 50.5 Å². The first-order valence-corrected chi connectivity index (χ1v) is 23.0. The maximum atomic E-state index is 12.9. The molecule has 0 spiro atoms. The SMILES string of the molecule is CCCCCCCCCCCCCCCC(=O)OCC(COC(=O)CCCCCCCCCCCCCCC)OC(=O)CC(C)CC(=O)OCc1ccccc1. The number of benzene rings is 1. The molecule has 322 valence electrons. The molecule has 0 N–H and O–H groups in total. The molecule has 0 heterocycles. The van der Waals surface area contributed by atoms with E-state index in [4.69, 9.17) is 18.9 Å². The Bertz CT molecular complexity index is 1040. The van der Waals surface area contributed by atoms with Gasteiger partial charge in [0.2, 0.25) is 0 Å². The lowest BCUT2D eigenvalue weighted by molar-refractivity contribution is -0.167. The van der Waals surface area contributed by atoms with Crippen molar-refractivity contribution in [3.05, 3.63) is 35.9 Å². The van der Waals surface area contributed by atoms with E-state index in [0.29, 0.717) is 12.8 Å². The van der Waals surface area contributed by atoms with Crippen LogP contribution in [0.5, 0.6) is 0 Å². The van der Waals surface area contributed by atoms with Gasteiger partial charge in [-0.15, -0.1) is 0 Å². The fraction of sp³-hybridized carbons (Fsp3) is 0.792. The lowest BCUT2D eigenvalue weighted by atomic mass is 10.0. The van der Waals surface area contributed by atoms with Crippen LogP contribution in [0.15, 0.2) is 30.3 Å². The second-order valence-corrected chi connectivity index (χ2v) is 16.1. The summed E-state index contributed by atoms with van der Waals surface area (Å²) in [5.41, 5.74) is 0.892. The molecule has 1 aromatic rings. The Morgan fingerprint density at radius 1 is 0.446 bits per heavy atom. The average Bonchev–Trinajstić information content (AvgIpc) is 3.19. The summed E-state index contributed by atoms with van der Waals surface area (Å²) in [5.74, 6) is -1.94. The summed E-state index contributed by atoms with van der Waals surface area (Å²) in [6.07, 6.45) is 31.7. The average molecular weight is 787 g/mol. The van der Waals surface area contributed by atoms with Crippen molar-refractivity contribution in [3.8, 4) is 0 Å². The van der Waals surface area contributed by atoms with Crippen molar-refractivity contribution >= 4 is 23.9 Å². The van der Waals surface area contributed by atoms with E-state index in [1.54, 1.807) is 6.92 Å². The van der Waals surface area contributed by atoms with E-state index >= 15 is 0 Å². The van der Waals surface area contributed by atoms with Crippen LogP contribution in [-0.2, 0) is 44.7 Å². The Labute approximate surface area is 342 Å². The van der Waals surface area contributed by atoms with Crippen molar-refractivity contribution in [2.75, 3.05) is 13.2 Å². The molecule has 1 atom stereocenters. The van der Waals surface area contributed by atoms with E-state index < -0.39 is 18.0 Å². The molecule has 0 amide bonds. The van der Waals surface area contributed by atoms with Crippen molar-refractivity contribution in [2.24, 2.45) is 5.92 Å². The van der Waals surface area contributed by atoms with Crippen LogP contribution in [0, 0.1) is 5.92 Å². The fourth-order valence-corrected chi connectivity index (χ4v) is 6.88. The van der Waals surface area contributed by atoms with Gasteiger partial charge >= 0.3 is 23.9 Å². The maximum absolute atomic E-state index is 12.9. The third-order valence-electron chi connectivity index (χ3n) is 10.4. The highest BCUT2D eigenvalue weighted by atomic mass is 16.6. The fourth-order valence-electron chi connectivity index (χ4n) is 6.88. The van der Waals surface area contributed by atoms with Crippen molar-refractivity contribution in [3.63, 3.8) is 0 Å². The van der Waals surface area contributed by atoms with Crippen LogP contribution in [0.4, 0.5) is 0 Å². The summed E-state index contributed by atoms with van der Waals surface area (Å²) in [6.45, 7) is 6.11. The third-order valence-corrected chi connectivity index (χ3v) is 10.4. The molecule has 0 aliphatic rings. The molecule has 1 aromatic carbocycles. The summed E-state index contributed by atoms with van der Waals surface area (Å²) in [6, 6.07) is 9.42. The highest BCUT2D eigenvalue weighted by Gasteiger charge is 2.22. The minimum absolute atomic E-state index is 0.0171. The van der Waals surface area contributed by atoms with E-state index in [1.165, 1.54) is 128 Å². The minimum atomic E-state index is -0.911. The van der Waals surface area contributed by atoms with Crippen molar-refractivity contribution in [1.29, 1.82) is 0 Å². The van der Waals surface area contributed by atoms with Gasteiger partial charge in [-0.3, -0.25) is 19.2 Å². The minimum Gasteiger partial charge on any atom is -0.462 e. The maximum Gasteiger partial charge on any atom is 0.306 e. The highest BCUT2D eigenvalue weighted by molar-refractivity contribution is 5.73. The van der Waals surface area contributed by atoms with E-state index in [2.05, 4.69) is 13.8 Å². The number of carbonyl (C=O) groups excluding carboxylic acids is 4. The van der Waals surface area contributed by atoms with Gasteiger partial charge in [-0.1, -0.05) is 205 Å². The number of esters is 4. The number of hydrogen-bond acceptors (Lipinski definition) is 8. The van der Waals surface area contributed by atoms with Crippen LogP contribution < -0.4 is 0 Å². The summed E-state index contributed by atoms with van der Waals surface area (Å²) in [4.78, 5) is 50.4. The summed E-state index contributed by atoms with van der Waals surface area (Å²) in [5, 5.41) is 0. The van der Waals surface area contributed by atoms with Crippen molar-refractivity contribution in [1.82, 2.24) is 0 Å². The lowest BCUT2D eigenvalue weighted by Crippen LogP contribution is -2.31. The first-order chi connectivity index (χ1) is 27.3. The van der Waals surface area contributed by atoms with Crippen LogP contribution >= 0.6 is 0 Å². The second kappa shape index (κ2) is 37.7. The zero-order valence-corrected chi connectivity index (χ0v) is 36.1. The van der Waals surface area contributed by atoms with Gasteiger partial charge in [-0.05, 0) is 24.3 Å². The Kier molecular flexibility index (Phi) is 34.4. The van der Waals surface area contributed by atoms with Crippen molar-refractivity contribution < 1.29 is 38.1 Å². The summed E-state index contributed by atoms with van der Waals surface area (Å²) >= 11 is 0. The molecule has 0 aliphatic heterocycles. The number of hydrogen-bond donors (Lipinski definition) is 0. The smallest absolute Gasteiger partial charge is 0.306 e. The molecule has 0 saturated carbocycles. The van der Waals surface area contributed by atoms with Crippen LogP contribution in [-0.4, -0.2) is 43.2 Å². The molecular weight excluding hydrogens is 705 g/mol. The Morgan fingerprint density at radius 3 is 1.20 bits per heavy atom. The third kappa shape index (κ3) is 33.3. The second-order valence-electron chi connectivity index (χ2n) is 16.1. The van der Waals surface area contributed by atoms with Gasteiger partial charge < -0.3 is 18.9 Å². The van der Waals surface area contributed by atoms with E-state index in [9.17, 15) is 19.2 Å². The summed E-state index contributed by atoms with van der Waals surface area (Å²) in [7, 11) is 0. The zero-order chi connectivity index (χ0) is 40.7. The molecule has 0 fully saturated rings. The number of carbonyl (C=O) groups is 4. The molecule has 1 unspecified atom stereocenters. The Hall–Kier alpha value is -2.90. The van der Waals surface area contributed by atoms with Crippen LogP contribution in [0.25, 0.3) is 0 Å². The van der Waals surface area contributed by atoms with Gasteiger partial charge in [0.15, 0.2) is 6.10 Å². The normalized spacial score (nSPS) is 11.7. The largest absolute Gasteiger partial charge is 0.462 e. The zero-order valence-electron chi connectivity index (χ0n) is 36.1. The van der Waals surface area contributed by atoms with Gasteiger partial charge in [0, 0.05) is 25.7 Å². The molecule has 0 aromatic heterocycles. The number of unbranched alkanes of at least 4 members (excludes halogenated alkanes) is 24. The molecule has 0 aliphatic carbocycles. The quantitative estimate of drug-likeness (QED) is 0.0369. The number of ether oxygens (including phenoxy) is 4. The predicted octanol–water partition coefficient (Wildman–Crippen LogP) is 13.1. The van der Waals surface area contributed by atoms with Gasteiger partial charge in [0.25, 0.3) is 0 Å². The Balaban J connectivity index is 2.37. The molecule has 56 heavy (non-hydrogen) atoms. The first-order valence-electron chi connectivity index (χ1n) is 23.0.